The zero-order valence-electron chi connectivity index (χ0n) is 11.5. The summed E-state index contributed by atoms with van der Waals surface area (Å²) in [6.45, 7) is 1.29. The van der Waals surface area contributed by atoms with Gasteiger partial charge in [-0.25, -0.2) is 0 Å². The van der Waals surface area contributed by atoms with Crippen molar-refractivity contribution in [2.24, 2.45) is 5.73 Å². The molecule has 2 rings (SSSR count). The lowest BCUT2D eigenvalue weighted by molar-refractivity contribution is -0.133. The number of hydrogen-bond acceptors (Lipinski definition) is 3. The van der Waals surface area contributed by atoms with Crippen molar-refractivity contribution in [3.63, 3.8) is 0 Å². The summed E-state index contributed by atoms with van der Waals surface area (Å²) in [5, 5.41) is 2.68. The van der Waals surface area contributed by atoms with Crippen LogP contribution in [-0.4, -0.2) is 42.4 Å². The summed E-state index contributed by atoms with van der Waals surface area (Å²) >= 11 is 0. The first-order valence-electron chi connectivity index (χ1n) is 7.01. The fraction of sp³-hybridized carbons (Fsp3) is 0.467. The topological polar surface area (TPSA) is 75.4 Å². The van der Waals surface area contributed by atoms with Crippen LogP contribution in [0, 0.1) is 0 Å². The number of carbonyl (C=O) groups excluding carboxylic acids is 2. The largest absolute Gasteiger partial charge is 0.347 e. The average molecular weight is 275 g/mol. The molecule has 1 aliphatic rings. The third kappa shape index (κ3) is 3.81. The molecular formula is C15H21N3O2. The first kappa shape index (κ1) is 14.5. The van der Waals surface area contributed by atoms with E-state index in [4.69, 9.17) is 5.73 Å². The smallest absolute Gasteiger partial charge is 0.242 e. The molecule has 1 atom stereocenters. The van der Waals surface area contributed by atoms with E-state index in [1.54, 1.807) is 4.90 Å². The van der Waals surface area contributed by atoms with Crippen LogP contribution in [0.4, 0.5) is 0 Å². The van der Waals surface area contributed by atoms with Gasteiger partial charge in [0.25, 0.3) is 0 Å². The van der Waals surface area contributed by atoms with Gasteiger partial charge in [0.15, 0.2) is 0 Å². The lowest BCUT2D eigenvalue weighted by atomic mass is 10.1. The lowest BCUT2D eigenvalue weighted by Gasteiger charge is -2.23. The molecule has 5 nitrogen and oxygen atoms in total. The molecule has 0 saturated carbocycles. The van der Waals surface area contributed by atoms with Crippen molar-refractivity contribution >= 4 is 11.8 Å². The molecule has 1 aliphatic heterocycles. The van der Waals surface area contributed by atoms with Crippen molar-refractivity contribution in [3.8, 4) is 0 Å². The predicted molar refractivity (Wildman–Crippen MR) is 76.9 cm³/mol. The Balaban J connectivity index is 1.77. The van der Waals surface area contributed by atoms with Crippen LogP contribution >= 0.6 is 0 Å². The van der Waals surface area contributed by atoms with Crippen LogP contribution in [0.2, 0.25) is 0 Å². The molecule has 1 saturated heterocycles. The van der Waals surface area contributed by atoms with E-state index in [9.17, 15) is 9.59 Å². The van der Waals surface area contributed by atoms with E-state index >= 15 is 0 Å². The minimum atomic E-state index is -0.131. The van der Waals surface area contributed by atoms with Crippen molar-refractivity contribution in [2.45, 2.75) is 25.3 Å². The van der Waals surface area contributed by atoms with Gasteiger partial charge in [0.2, 0.25) is 11.8 Å². The molecule has 1 aromatic rings. The summed E-state index contributed by atoms with van der Waals surface area (Å²) < 4.78 is 0. The highest BCUT2D eigenvalue weighted by atomic mass is 16.2. The fourth-order valence-corrected chi connectivity index (χ4v) is 2.53. The maximum Gasteiger partial charge on any atom is 0.242 e. The van der Waals surface area contributed by atoms with Crippen molar-refractivity contribution < 1.29 is 9.59 Å². The molecule has 0 radical (unpaired) electrons. The Morgan fingerprint density at radius 3 is 2.75 bits per heavy atom. The lowest BCUT2D eigenvalue weighted by Crippen LogP contribution is -2.45. The number of likely N-dealkylation sites (tertiary alicyclic amines) is 1. The maximum absolute atomic E-state index is 12.0. The van der Waals surface area contributed by atoms with E-state index in [1.165, 1.54) is 0 Å². The van der Waals surface area contributed by atoms with E-state index in [0.29, 0.717) is 13.0 Å². The van der Waals surface area contributed by atoms with Crippen LogP contribution in [0.1, 0.15) is 18.4 Å². The number of carbonyl (C=O) groups is 2. The Hall–Kier alpha value is -1.88. The zero-order chi connectivity index (χ0) is 14.4. The number of rotatable bonds is 5. The Morgan fingerprint density at radius 2 is 2.05 bits per heavy atom. The van der Waals surface area contributed by atoms with Crippen LogP contribution in [0.15, 0.2) is 30.3 Å². The van der Waals surface area contributed by atoms with Crippen molar-refractivity contribution in [1.82, 2.24) is 10.2 Å². The number of nitrogens with two attached hydrogens (primary N) is 1. The standard InChI is InChI=1S/C15H21N3O2/c16-10-13-7-4-8-18(13)15(20)11-17-14(19)9-12-5-2-1-3-6-12/h1-3,5-6,13H,4,7-11,16H2,(H,17,19). The summed E-state index contributed by atoms with van der Waals surface area (Å²) in [7, 11) is 0. The summed E-state index contributed by atoms with van der Waals surface area (Å²) in [5.74, 6) is -0.174. The average Bonchev–Trinajstić information content (AvgIpc) is 2.94. The van der Waals surface area contributed by atoms with Crippen LogP contribution in [0.25, 0.3) is 0 Å². The van der Waals surface area contributed by atoms with Gasteiger partial charge < -0.3 is 16.0 Å². The van der Waals surface area contributed by atoms with Gasteiger partial charge >= 0.3 is 0 Å². The number of benzene rings is 1. The molecule has 2 amide bonds. The molecule has 0 spiro atoms. The molecule has 5 heteroatoms. The first-order chi connectivity index (χ1) is 9.70. The molecule has 1 unspecified atom stereocenters. The molecule has 1 aromatic carbocycles. The van der Waals surface area contributed by atoms with Gasteiger partial charge in [0.05, 0.1) is 13.0 Å². The van der Waals surface area contributed by atoms with Crippen LogP contribution < -0.4 is 11.1 Å². The molecular weight excluding hydrogens is 254 g/mol. The molecule has 1 heterocycles. The van der Waals surface area contributed by atoms with Crippen molar-refractivity contribution in [2.75, 3.05) is 19.6 Å². The molecule has 0 bridgehead atoms. The number of amides is 2. The molecule has 0 aromatic heterocycles. The summed E-state index contributed by atoms with van der Waals surface area (Å²) in [6, 6.07) is 9.62. The van der Waals surface area contributed by atoms with Gasteiger partial charge in [-0.3, -0.25) is 9.59 Å². The second kappa shape index (κ2) is 7.05. The fourth-order valence-electron chi connectivity index (χ4n) is 2.53. The van der Waals surface area contributed by atoms with Crippen molar-refractivity contribution in [1.29, 1.82) is 0 Å². The third-order valence-corrected chi connectivity index (χ3v) is 3.61. The summed E-state index contributed by atoms with van der Waals surface area (Å²) in [4.78, 5) is 25.6. The SMILES string of the molecule is NCC1CCCN1C(=O)CNC(=O)Cc1ccccc1. The van der Waals surface area contributed by atoms with E-state index in [2.05, 4.69) is 5.32 Å². The van der Waals surface area contributed by atoms with E-state index in [0.717, 1.165) is 24.9 Å². The van der Waals surface area contributed by atoms with Gasteiger partial charge in [-0.05, 0) is 18.4 Å². The van der Waals surface area contributed by atoms with Gasteiger partial charge in [0.1, 0.15) is 0 Å². The van der Waals surface area contributed by atoms with E-state index in [1.807, 2.05) is 30.3 Å². The molecule has 0 aliphatic carbocycles. The highest BCUT2D eigenvalue weighted by Crippen LogP contribution is 2.15. The van der Waals surface area contributed by atoms with Crippen LogP contribution in [0.3, 0.4) is 0 Å². The number of nitrogens with one attached hydrogen (secondary N) is 1. The monoisotopic (exact) mass is 275 g/mol. The number of nitrogens with zero attached hydrogens (tertiary/aromatic N) is 1. The highest BCUT2D eigenvalue weighted by Gasteiger charge is 2.27. The highest BCUT2D eigenvalue weighted by molar-refractivity contribution is 5.86. The normalized spacial score (nSPS) is 18.1. The minimum absolute atomic E-state index is 0.0423. The third-order valence-electron chi connectivity index (χ3n) is 3.61. The number of hydrogen-bond donors (Lipinski definition) is 2. The Bertz CT molecular complexity index is 461. The molecule has 108 valence electrons. The Morgan fingerprint density at radius 1 is 1.30 bits per heavy atom. The van der Waals surface area contributed by atoms with E-state index < -0.39 is 0 Å². The summed E-state index contributed by atoms with van der Waals surface area (Å²) in [6.07, 6.45) is 2.25. The summed E-state index contributed by atoms with van der Waals surface area (Å²) in [5.41, 5.74) is 6.58. The van der Waals surface area contributed by atoms with Crippen LogP contribution in [-0.2, 0) is 16.0 Å². The quantitative estimate of drug-likeness (QED) is 0.811. The van der Waals surface area contributed by atoms with Gasteiger partial charge in [-0.2, -0.15) is 0 Å². The van der Waals surface area contributed by atoms with Crippen molar-refractivity contribution in [3.05, 3.63) is 35.9 Å². The Kier molecular flexibility index (Phi) is 5.12. The second-order valence-electron chi connectivity index (χ2n) is 5.06. The zero-order valence-corrected chi connectivity index (χ0v) is 11.5. The molecule has 1 fully saturated rings. The van der Waals surface area contributed by atoms with Gasteiger partial charge in [-0.1, -0.05) is 30.3 Å². The Labute approximate surface area is 119 Å². The molecule has 3 N–H and O–H groups in total. The van der Waals surface area contributed by atoms with Crippen LogP contribution in [0.5, 0.6) is 0 Å². The van der Waals surface area contributed by atoms with Gasteiger partial charge in [-0.15, -0.1) is 0 Å². The second-order valence-corrected chi connectivity index (χ2v) is 5.06. The minimum Gasteiger partial charge on any atom is -0.347 e. The molecule has 20 heavy (non-hydrogen) atoms. The van der Waals surface area contributed by atoms with E-state index in [-0.39, 0.29) is 24.4 Å². The predicted octanol–water partition coefficient (Wildman–Crippen LogP) is 0.295. The van der Waals surface area contributed by atoms with Gasteiger partial charge in [0, 0.05) is 19.1 Å². The maximum atomic E-state index is 12.0. The first-order valence-corrected chi connectivity index (χ1v) is 7.01.